The molecule has 6 nitrogen and oxygen atoms in total. The van der Waals surface area contributed by atoms with Crippen LogP contribution >= 0.6 is 0 Å². The van der Waals surface area contributed by atoms with Gasteiger partial charge in [-0.25, -0.2) is 4.79 Å². The largest absolute Gasteiger partial charge is 0.447 e. The van der Waals surface area contributed by atoms with Crippen molar-refractivity contribution in [2.75, 3.05) is 13.2 Å². The van der Waals surface area contributed by atoms with Crippen LogP contribution in [-0.2, 0) is 14.3 Å². The number of nitrogens with one attached hydrogen (secondary N) is 2. The van der Waals surface area contributed by atoms with Crippen LogP contribution in [0, 0.1) is 25.2 Å². The number of hydrogen-bond donors (Lipinski definition) is 2. The van der Waals surface area contributed by atoms with Crippen LogP contribution in [0.5, 0.6) is 0 Å². The van der Waals surface area contributed by atoms with E-state index in [1.165, 1.54) is 0 Å². The average Bonchev–Trinajstić information content (AvgIpc) is 2.58. The number of alkyl carbamates (subject to hydrolysis) is 1. The number of terminal acetylenes is 1. The predicted octanol–water partition coefficient (Wildman–Crippen LogP) is 2.96. The van der Waals surface area contributed by atoms with Crippen molar-refractivity contribution in [2.45, 2.75) is 52.8 Å². The molecule has 0 spiro atoms. The second-order valence-corrected chi connectivity index (χ2v) is 7.01. The molecule has 2 atom stereocenters. The van der Waals surface area contributed by atoms with Crippen molar-refractivity contribution in [3.05, 3.63) is 35.4 Å². The van der Waals surface area contributed by atoms with Crippen molar-refractivity contribution in [2.24, 2.45) is 5.92 Å². The molecule has 0 saturated heterocycles. The minimum absolute atomic E-state index is 0.116. The molecule has 2 N–H and O–H groups in total. The Bertz CT molecular complexity index is 647. The Kier molecular flexibility index (Phi) is 9.38. The zero-order valence-electron chi connectivity index (χ0n) is 16.7. The highest BCUT2D eigenvalue weighted by molar-refractivity contribution is 5.86. The maximum absolute atomic E-state index is 12.8. The Morgan fingerprint density at radius 1 is 1.11 bits per heavy atom. The van der Waals surface area contributed by atoms with Gasteiger partial charge in [-0.2, -0.15) is 0 Å². The van der Waals surface area contributed by atoms with Crippen LogP contribution in [0.15, 0.2) is 24.3 Å². The molecule has 2 unspecified atom stereocenters. The Morgan fingerprint density at radius 2 is 1.74 bits per heavy atom. The lowest BCUT2D eigenvalue weighted by Crippen LogP contribution is -2.51. The van der Waals surface area contributed by atoms with Gasteiger partial charge < -0.3 is 20.1 Å². The first-order valence-corrected chi connectivity index (χ1v) is 9.09. The highest BCUT2D eigenvalue weighted by Gasteiger charge is 2.27. The molecule has 0 radical (unpaired) electrons. The monoisotopic (exact) mass is 374 g/mol. The van der Waals surface area contributed by atoms with Gasteiger partial charge in [-0.3, -0.25) is 4.79 Å². The van der Waals surface area contributed by atoms with E-state index < -0.39 is 12.1 Å². The first-order valence-electron chi connectivity index (χ1n) is 9.09. The summed E-state index contributed by atoms with van der Waals surface area (Å²) in [4.78, 5) is 24.7. The third-order valence-corrected chi connectivity index (χ3v) is 3.83. The topological polar surface area (TPSA) is 76.7 Å². The molecule has 0 aliphatic heterocycles. The fraction of sp³-hybridized carbons (Fsp3) is 0.524. The van der Waals surface area contributed by atoms with E-state index in [-0.39, 0.29) is 37.2 Å². The Hall–Kier alpha value is -2.52. The summed E-state index contributed by atoms with van der Waals surface area (Å²) in [6, 6.07) is 6.70. The molecule has 1 aromatic carbocycles. The summed E-state index contributed by atoms with van der Waals surface area (Å²) < 4.78 is 10.5. The molecule has 0 heterocycles. The molecular formula is C21H30N2O4. The molecule has 6 heteroatoms. The predicted molar refractivity (Wildman–Crippen MR) is 105 cm³/mol. The van der Waals surface area contributed by atoms with Crippen LogP contribution in [0.3, 0.4) is 0 Å². The van der Waals surface area contributed by atoms with E-state index >= 15 is 0 Å². The number of rotatable bonds is 9. The van der Waals surface area contributed by atoms with Crippen LogP contribution in [0.2, 0.25) is 0 Å². The molecule has 0 aromatic heterocycles. The summed E-state index contributed by atoms with van der Waals surface area (Å²) in [5.41, 5.74) is 2.02. The van der Waals surface area contributed by atoms with Crippen molar-refractivity contribution in [3.8, 4) is 12.3 Å². The highest BCUT2D eigenvalue weighted by Crippen LogP contribution is 2.16. The van der Waals surface area contributed by atoms with Gasteiger partial charge in [-0.1, -0.05) is 49.6 Å². The third kappa shape index (κ3) is 8.14. The molecule has 0 bridgehead atoms. The van der Waals surface area contributed by atoms with E-state index in [0.29, 0.717) is 0 Å². The molecule has 0 aliphatic rings. The molecule has 2 amide bonds. The SMILES string of the molecule is C#CCOCC(NC(=O)C(NC(=O)OC(C)C)C(C)C)c1ccc(C)cc1. The number of benzene rings is 1. The zero-order valence-corrected chi connectivity index (χ0v) is 16.7. The van der Waals surface area contributed by atoms with Gasteiger partial charge in [0.25, 0.3) is 0 Å². The summed E-state index contributed by atoms with van der Waals surface area (Å²) in [6.07, 6.45) is 4.35. The summed E-state index contributed by atoms with van der Waals surface area (Å²) >= 11 is 0. The highest BCUT2D eigenvalue weighted by atomic mass is 16.6. The third-order valence-electron chi connectivity index (χ3n) is 3.83. The second kappa shape index (κ2) is 11.2. The van der Waals surface area contributed by atoms with Crippen LogP contribution in [0.4, 0.5) is 4.79 Å². The lowest BCUT2D eigenvalue weighted by atomic mass is 10.0. The van der Waals surface area contributed by atoms with Crippen molar-refractivity contribution < 1.29 is 19.1 Å². The Morgan fingerprint density at radius 3 is 2.26 bits per heavy atom. The van der Waals surface area contributed by atoms with E-state index in [2.05, 4.69) is 16.6 Å². The number of carbonyl (C=O) groups is 2. The number of hydrogen-bond acceptors (Lipinski definition) is 4. The van der Waals surface area contributed by atoms with E-state index in [0.717, 1.165) is 11.1 Å². The van der Waals surface area contributed by atoms with Gasteiger partial charge in [-0.05, 0) is 32.3 Å². The molecule has 27 heavy (non-hydrogen) atoms. The Balaban J connectivity index is 2.88. The standard InChI is InChI=1S/C21H30N2O4/c1-7-12-26-13-18(17-10-8-16(6)9-11-17)22-20(24)19(14(2)3)23-21(25)27-15(4)5/h1,8-11,14-15,18-19H,12-13H2,2-6H3,(H,22,24)(H,23,25). The maximum Gasteiger partial charge on any atom is 0.408 e. The smallest absolute Gasteiger partial charge is 0.408 e. The van der Waals surface area contributed by atoms with Crippen molar-refractivity contribution in [3.63, 3.8) is 0 Å². The van der Waals surface area contributed by atoms with Crippen molar-refractivity contribution >= 4 is 12.0 Å². The maximum atomic E-state index is 12.8. The first-order chi connectivity index (χ1) is 12.7. The van der Waals surface area contributed by atoms with Gasteiger partial charge >= 0.3 is 6.09 Å². The number of carbonyl (C=O) groups excluding carboxylic acids is 2. The van der Waals surface area contributed by atoms with Gasteiger partial charge in [-0.15, -0.1) is 6.42 Å². The van der Waals surface area contributed by atoms with Crippen LogP contribution in [0.1, 0.15) is 44.9 Å². The van der Waals surface area contributed by atoms with Crippen molar-refractivity contribution in [1.82, 2.24) is 10.6 Å². The second-order valence-electron chi connectivity index (χ2n) is 7.01. The fourth-order valence-electron chi connectivity index (χ4n) is 2.43. The van der Waals surface area contributed by atoms with Gasteiger partial charge in [0.15, 0.2) is 0 Å². The molecule has 0 fully saturated rings. The van der Waals surface area contributed by atoms with Crippen molar-refractivity contribution in [1.29, 1.82) is 0 Å². The minimum atomic E-state index is -0.725. The molecule has 0 aliphatic carbocycles. The van der Waals surface area contributed by atoms with Crippen LogP contribution in [-0.4, -0.2) is 37.4 Å². The van der Waals surface area contributed by atoms with Gasteiger partial charge in [0.2, 0.25) is 5.91 Å². The lowest BCUT2D eigenvalue weighted by molar-refractivity contribution is -0.125. The van der Waals surface area contributed by atoms with Crippen LogP contribution < -0.4 is 10.6 Å². The van der Waals surface area contributed by atoms with Gasteiger partial charge in [0.1, 0.15) is 12.6 Å². The molecule has 148 valence electrons. The van der Waals surface area contributed by atoms with E-state index in [4.69, 9.17) is 15.9 Å². The molecule has 0 saturated carbocycles. The van der Waals surface area contributed by atoms with E-state index in [1.807, 2.05) is 45.0 Å². The van der Waals surface area contributed by atoms with E-state index in [9.17, 15) is 9.59 Å². The summed E-state index contributed by atoms with van der Waals surface area (Å²) in [6.45, 7) is 9.60. The quantitative estimate of drug-likeness (QED) is 0.515. The van der Waals surface area contributed by atoms with E-state index in [1.54, 1.807) is 13.8 Å². The molecule has 1 aromatic rings. The lowest BCUT2D eigenvalue weighted by Gasteiger charge is -2.26. The normalized spacial score (nSPS) is 13.0. The fourth-order valence-corrected chi connectivity index (χ4v) is 2.43. The van der Waals surface area contributed by atoms with Crippen LogP contribution in [0.25, 0.3) is 0 Å². The summed E-state index contributed by atoms with van der Waals surface area (Å²) in [5.74, 6) is 1.99. The number of ether oxygens (including phenoxy) is 2. The average molecular weight is 374 g/mol. The first kappa shape index (κ1) is 22.5. The minimum Gasteiger partial charge on any atom is -0.447 e. The summed E-state index contributed by atoms with van der Waals surface area (Å²) in [7, 11) is 0. The Labute approximate surface area is 162 Å². The molecule has 1 rings (SSSR count). The van der Waals surface area contributed by atoms with Gasteiger partial charge in [0, 0.05) is 0 Å². The number of aryl methyl sites for hydroxylation is 1. The molecular weight excluding hydrogens is 344 g/mol. The van der Waals surface area contributed by atoms with Gasteiger partial charge in [0.05, 0.1) is 18.8 Å². The summed E-state index contributed by atoms with van der Waals surface area (Å²) in [5, 5.41) is 5.58. The number of amides is 2. The zero-order chi connectivity index (χ0) is 20.4.